The summed E-state index contributed by atoms with van der Waals surface area (Å²) in [7, 11) is 0. The van der Waals surface area contributed by atoms with Crippen LogP contribution in [0, 0.1) is 11.7 Å². The van der Waals surface area contributed by atoms with Crippen molar-refractivity contribution >= 4 is 11.6 Å². The molecule has 158 valence electrons. The highest BCUT2D eigenvalue weighted by Crippen LogP contribution is 2.39. The Labute approximate surface area is 174 Å². The minimum atomic E-state index is -3.17. The Morgan fingerprint density at radius 2 is 1.79 bits per heavy atom. The van der Waals surface area contributed by atoms with Crippen LogP contribution >= 0.6 is 11.6 Å². The first-order valence-electron chi connectivity index (χ1n) is 10.2. The number of alkyl halides is 2. The first-order valence-corrected chi connectivity index (χ1v) is 10.6. The molecule has 0 atom stereocenters. The van der Waals surface area contributed by atoms with Crippen molar-refractivity contribution in [2.75, 3.05) is 0 Å². The lowest BCUT2D eigenvalue weighted by Gasteiger charge is -2.28. The molecule has 29 heavy (non-hydrogen) atoms. The van der Waals surface area contributed by atoms with Gasteiger partial charge in [0.15, 0.2) is 17.4 Å². The number of ether oxygens (including phenoxy) is 1. The summed E-state index contributed by atoms with van der Waals surface area (Å²) >= 11 is 5.69. The van der Waals surface area contributed by atoms with Gasteiger partial charge in [0.1, 0.15) is 0 Å². The van der Waals surface area contributed by atoms with Gasteiger partial charge in [0.05, 0.1) is 10.6 Å². The molecular weight excluding hydrogens is 401 g/mol. The smallest absolute Gasteiger partial charge is 0.387 e. The molecule has 0 saturated heterocycles. The molecule has 1 aromatic heterocycles. The zero-order valence-corrected chi connectivity index (χ0v) is 17.3. The normalized spacial score (nSPS) is 19.5. The van der Waals surface area contributed by atoms with Crippen LogP contribution in [0.5, 0.6) is 5.75 Å². The number of nitrogens with zero attached hydrogens (tertiary/aromatic N) is 2. The average molecular weight is 427 g/mol. The third-order valence-corrected chi connectivity index (χ3v) is 6.00. The van der Waals surface area contributed by atoms with Crippen LogP contribution in [0.2, 0.25) is 5.02 Å². The minimum absolute atomic E-state index is 0.0541. The van der Waals surface area contributed by atoms with Crippen molar-refractivity contribution in [1.29, 1.82) is 0 Å². The zero-order chi connectivity index (χ0) is 20.8. The Bertz CT molecular complexity index is 793. The number of aromatic nitrogens is 2. The van der Waals surface area contributed by atoms with E-state index < -0.39 is 18.2 Å². The SMILES string of the molecule is CCCCCC1CCC(c2cnc(-c3ccc(Cl)c(F)c3OC(F)F)nc2)CC1. The zero-order valence-electron chi connectivity index (χ0n) is 16.5. The molecule has 7 heteroatoms. The highest BCUT2D eigenvalue weighted by atomic mass is 35.5. The Kier molecular flexibility index (Phi) is 7.76. The van der Waals surface area contributed by atoms with Gasteiger partial charge in [-0.05, 0) is 55.2 Å². The minimum Gasteiger partial charge on any atom is -0.431 e. The van der Waals surface area contributed by atoms with E-state index in [0.717, 1.165) is 24.3 Å². The summed E-state index contributed by atoms with van der Waals surface area (Å²) in [5, 5.41) is -0.295. The fraction of sp³-hybridized carbons (Fsp3) is 0.545. The van der Waals surface area contributed by atoms with E-state index in [1.54, 1.807) is 12.4 Å². The maximum absolute atomic E-state index is 14.2. The van der Waals surface area contributed by atoms with Crippen molar-refractivity contribution in [2.24, 2.45) is 5.92 Å². The van der Waals surface area contributed by atoms with Crippen LogP contribution in [0.1, 0.15) is 69.8 Å². The third kappa shape index (κ3) is 5.62. The fourth-order valence-corrected chi connectivity index (χ4v) is 4.22. The van der Waals surface area contributed by atoms with Gasteiger partial charge in [0.2, 0.25) is 0 Å². The van der Waals surface area contributed by atoms with Crippen molar-refractivity contribution in [1.82, 2.24) is 9.97 Å². The van der Waals surface area contributed by atoms with E-state index in [0.29, 0.717) is 5.92 Å². The van der Waals surface area contributed by atoms with E-state index in [1.165, 1.54) is 50.7 Å². The van der Waals surface area contributed by atoms with Crippen LogP contribution in [-0.2, 0) is 0 Å². The second-order valence-electron chi connectivity index (χ2n) is 7.67. The van der Waals surface area contributed by atoms with Gasteiger partial charge in [-0.1, -0.05) is 44.2 Å². The van der Waals surface area contributed by atoms with Gasteiger partial charge in [-0.25, -0.2) is 14.4 Å². The van der Waals surface area contributed by atoms with E-state index in [1.807, 2.05) is 0 Å². The molecule has 0 amide bonds. The summed E-state index contributed by atoms with van der Waals surface area (Å²) in [5.74, 6) is -0.325. The first kappa shape index (κ1) is 21.9. The van der Waals surface area contributed by atoms with Crippen molar-refractivity contribution in [3.63, 3.8) is 0 Å². The molecule has 1 aromatic carbocycles. The molecule has 2 aromatic rings. The van der Waals surface area contributed by atoms with Crippen LogP contribution in [0.25, 0.3) is 11.4 Å². The van der Waals surface area contributed by atoms with Crippen molar-refractivity contribution in [3.8, 4) is 17.1 Å². The molecule has 3 rings (SSSR count). The molecular formula is C22H26ClF3N2O. The molecule has 3 nitrogen and oxygen atoms in total. The van der Waals surface area contributed by atoms with Gasteiger partial charge in [0.25, 0.3) is 0 Å². The summed E-state index contributed by atoms with van der Waals surface area (Å²) in [6.07, 6.45) is 13.2. The predicted octanol–water partition coefficient (Wildman–Crippen LogP) is 7.39. The second kappa shape index (κ2) is 10.3. The topological polar surface area (TPSA) is 35.0 Å². The molecule has 1 aliphatic rings. The molecule has 0 bridgehead atoms. The Hall–Kier alpha value is -1.82. The highest BCUT2D eigenvalue weighted by molar-refractivity contribution is 6.31. The molecule has 1 heterocycles. The quantitative estimate of drug-likeness (QED) is 0.412. The monoisotopic (exact) mass is 426 g/mol. The van der Waals surface area contributed by atoms with Gasteiger partial charge >= 0.3 is 6.61 Å². The van der Waals surface area contributed by atoms with Gasteiger partial charge in [0, 0.05) is 12.4 Å². The third-order valence-electron chi connectivity index (χ3n) is 5.70. The number of hydrogen-bond donors (Lipinski definition) is 0. The van der Waals surface area contributed by atoms with Crippen molar-refractivity contribution < 1.29 is 17.9 Å². The molecule has 1 saturated carbocycles. The van der Waals surface area contributed by atoms with Crippen molar-refractivity contribution in [3.05, 3.63) is 40.9 Å². The molecule has 1 aliphatic carbocycles. The summed E-state index contributed by atoms with van der Waals surface area (Å²) in [5.41, 5.74) is 1.09. The van der Waals surface area contributed by atoms with E-state index in [4.69, 9.17) is 11.6 Å². The van der Waals surface area contributed by atoms with E-state index in [-0.39, 0.29) is 16.4 Å². The lowest BCUT2D eigenvalue weighted by Crippen LogP contribution is -2.14. The second-order valence-corrected chi connectivity index (χ2v) is 8.08. The number of rotatable bonds is 8. The van der Waals surface area contributed by atoms with Crippen LogP contribution < -0.4 is 4.74 Å². The van der Waals surface area contributed by atoms with Gasteiger partial charge in [-0.15, -0.1) is 0 Å². The highest BCUT2D eigenvalue weighted by Gasteiger charge is 2.24. The summed E-state index contributed by atoms with van der Waals surface area (Å²) < 4.78 is 43.9. The molecule has 0 aliphatic heterocycles. The first-order chi connectivity index (χ1) is 14.0. The molecule has 1 fully saturated rings. The predicted molar refractivity (Wildman–Crippen MR) is 108 cm³/mol. The number of unbranched alkanes of at least 4 members (excludes halogenated alkanes) is 2. The molecule has 0 radical (unpaired) electrons. The molecule has 0 N–H and O–H groups in total. The lowest BCUT2D eigenvalue weighted by atomic mass is 9.77. The van der Waals surface area contributed by atoms with Gasteiger partial charge < -0.3 is 4.74 Å². The van der Waals surface area contributed by atoms with Crippen LogP contribution in [-0.4, -0.2) is 16.6 Å². The van der Waals surface area contributed by atoms with E-state index in [9.17, 15) is 13.2 Å². The number of halogens is 4. The van der Waals surface area contributed by atoms with Gasteiger partial charge in [-0.2, -0.15) is 8.78 Å². The summed E-state index contributed by atoms with van der Waals surface area (Å²) in [6.45, 7) is -0.949. The van der Waals surface area contributed by atoms with Crippen molar-refractivity contribution in [2.45, 2.75) is 70.8 Å². The molecule has 0 unspecified atom stereocenters. The summed E-state index contributed by atoms with van der Waals surface area (Å²) in [6, 6.07) is 2.67. The van der Waals surface area contributed by atoms with Gasteiger partial charge in [-0.3, -0.25) is 0 Å². The van der Waals surface area contributed by atoms with Crippen LogP contribution in [0.3, 0.4) is 0 Å². The molecule has 0 spiro atoms. The Balaban J connectivity index is 1.69. The standard InChI is InChI=1S/C22H26ClF3N2O/c1-2-3-4-5-14-6-8-15(9-7-14)16-12-27-21(28-13-16)17-10-11-18(23)19(24)20(17)29-22(25)26/h10-15,22H,2-9H2,1H3. The Morgan fingerprint density at radius 3 is 2.41 bits per heavy atom. The largest absolute Gasteiger partial charge is 0.431 e. The van der Waals surface area contributed by atoms with Crippen LogP contribution in [0.15, 0.2) is 24.5 Å². The van der Waals surface area contributed by atoms with E-state index >= 15 is 0 Å². The number of benzene rings is 1. The lowest BCUT2D eigenvalue weighted by molar-refractivity contribution is -0.0517. The van der Waals surface area contributed by atoms with E-state index in [2.05, 4.69) is 21.6 Å². The fourth-order valence-electron chi connectivity index (χ4n) is 4.07. The van der Waals surface area contributed by atoms with Crippen LogP contribution in [0.4, 0.5) is 13.2 Å². The maximum Gasteiger partial charge on any atom is 0.387 e. The maximum atomic E-state index is 14.2. The Morgan fingerprint density at radius 1 is 1.10 bits per heavy atom. The number of hydrogen-bond acceptors (Lipinski definition) is 3. The average Bonchev–Trinajstić information content (AvgIpc) is 2.72. The summed E-state index contributed by atoms with van der Waals surface area (Å²) in [4.78, 5) is 8.59.